The average molecular weight is 347 g/mol. The molecule has 0 aliphatic rings. The lowest BCUT2D eigenvalue weighted by Crippen LogP contribution is -2.26. The number of pyridine rings is 1. The van der Waals surface area contributed by atoms with Gasteiger partial charge in [0.05, 0.1) is 21.9 Å². The van der Waals surface area contributed by atoms with Gasteiger partial charge in [0, 0.05) is 18.1 Å². The minimum atomic E-state index is -0.966. The smallest absolute Gasteiger partial charge is 0.353 e. The topological polar surface area (TPSA) is 142 Å². The molecule has 9 nitrogen and oxygen atoms in total. The summed E-state index contributed by atoms with van der Waals surface area (Å²) in [6.07, 6.45) is 1.67. The highest BCUT2D eigenvalue weighted by Crippen LogP contribution is 2.33. The number of hydrogen-bond acceptors (Lipinski definition) is 6. The Morgan fingerprint density at radius 2 is 2.12 bits per heavy atom. The molecule has 0 unspecified atom stereocenters. The summed E-state index contributed by atoms with van der Waals surface area (Å²) in [5.74, 6) is -0.966. The van der Waals surface area contributed by atoms with Gasteiger partial charge in [-0.25, -0.2) is 9.59 Å². The number of urea groups is 1. The Bertz CT molecular complexity index is 875. The molecule has 3 heterocycles. The molecule has 0 aromatic carbocycles. The van der Waals surface area contributed by atoms with Crippen LogP contribution in [-0.2, 0) is 0 Å². The van der Waals surface area contributed by atoms with Gasteiger partial charge < -0.3 is 15.8 Å². The van der Waals surface area contributed by atoms with E-state index in [-0.39, 0.29) is 5.69 Å². The van der Waals surface area contributed by atoms with Crippen LogP contribution in [-0.4, -0.2) is 39.1 Å². The molecular weight excluding hydrogens is 334 g/mol. The number of nitrogens with zero attached hydrogens (tertiary/aromatic N) is 3. The lowest BCUT2D eigenvalue weighted by molar-refractivity contribution is 0.0692. The number of carbonyl (C=O) groups excluding carboxylic acids is 1. The fourth-order valence-corrected chi connectivity index (χ4v) is 2.66. The maximum Gasteiger partial charge on any atom is 0.353 e. The number of carboxylic acid groups (broad SMARTS) is 1. The normalized spacial score (nSPS) is 9.88. The number of carbonyl (C=O) groups is 2. The van der Waals surface area contributed by atoms with Crippen molar-refractivity contribution >= 4 is 34.4 Å². The standard InChI is InChI=1S/C12H8N2O2S.C2H5N3O2/c15-12(16)11-9(8-4-2-6-17-8)10-7(14-11)3-1-5-13-10;1-5(4-7)2(3)6/h1-6,14H,(H,15,16);1H3,(H2,3,6). The second-order valence-corrected chi connectivity index (χ2v) is 5.45. The van der Waals surface area contributed by atoms with Crippen molar-refractivity contribution < 1.29 is 14.7 Å². The molecule has 3 rings (SSSR count). The van der Waals surface area contributed by atoms with E-state index in [1.165, 1.54) is 18.4 Å². The van der Waals surface area contributed by atoms with E-state index in [0.29, 0.717) is 16.1 Å². The molecule has 10 heteroatoms. The maximum atomic E-state index is 11.2. The Labute approximate surface area is 139 Å². The van der Waals surface area contributed by atoms with E-state index in [2.05, 4.69) is 21.0 Å². The summed E-state index contributed by atoms with van der Waals surface area (Å²) < 4.78 is 0. The van der Waals surface area contributed by atoms with Crippen molar-refractivity contribution in [2.75, 3.05) is 7.05 Å². The average Bonchev–Trinajstić information content (AvgIpc) is 3.21. The summed E-state index contributed by atoms with van der Waals surface area (Å²) in [5, 5.41) is 13.8. The molecule has 0 saturated carbocycles. The van der Waals surface area contributed by atoms with Crippen molar-refractivity contribution in [3.8, 4) is 10.4 Å². The van der Waals surface area contributed by atoms with Gasteiger partial charge in [-0.1, -0.05) is 6.07 Å². The predicted octanol–water partition coefficient (Wildman–Crippen LogP) is 2.67. The van der Waals surface area contributed by atoms with Crippen molar-refractivity contribution in [2.45, 2.75) is 0 Å². The third kappa shape index (κ3) is 3.55. The summed E-state index contributed by atoms with van der Waals surface area (Å²) in [4.78, 5) is 38.4. The molecule has 3 aromatic heterocycles. The van der Waals surface area contributed by atoms with Gasteiger partial charge in [-0.15, -0.1) is 16.2 Å². The molecule has 124 valence electrons. The number of primary amides is 1. The quantitative estimate of drug-likeness (QED) is 0.493. The molecule has 0 radical (unpaired) electrons. The Morgan fingerprint density at radius 3 is 2.62 bits per heavy atom. The van der Waals surface area contributed by atoms with Crippen LogP contribution in [0.1, 0.15) is 10.5 Å². The van der Waals surface area contributed by atoms with E-state index in [1.54, 1.807) is 12.3 Å². The lowest BCUT2D eigenvalue weighted by Gasteiger charge is -1.97. The predicted molar refractivity (Wildman–Crippen MR) is 89.5 cm³/mol. The third-order valence-corrected chi connectivity index (χ3v) is 3.86. The van der Waals surface area contributed by atoms with Gasteiger partial charge in [0.25, 0.3) is 0 Å². The number of nitrogens with one attached hydrogen (secondary N) is 1. The molecule has 3 aromatic rings. The number of rotatable bonds is 3. The van der Waals surface area contributed by atoms with E-state index >= 15 is 0 Å². The SMILES string of the molecule is CN(N=O)C(N)=O.O=C(O)c1[nH]c2cccnc2c1-c1cccs1. The first-order chi connectivity index (χ1) is 11.5. The number of amides is 2. The minimum absolute atomic E-state index is 0.196. The van der Waals surface area contributed by atoms with Crippen molar-refractivity contribution in [3.63, 3.8) is 0 Å². The number of carboxylic acids is 1. The molecule has 24 heavy (non-hydrogen) atoms. The highest BCUT2D eigenvalue weighted by Gasteiger charge is 2.19. The van der Waals surface area contributed by atoms with Crippen LogP contribution < -0.4 is 5.73 Å². The molecule has 4 N–H and O–H groups in total. The number of H-pyrrole nitrogens is 1. The van der Waals surface area contributed by atoms with Crippen molar-refractivity contribution in [2.24, 2.45) is 11.0 Å². The molecule has 0 saturated heterocycles. The van der Waals surface area contributed by atoms with Crippen molar-refractivity contribution in [1.29, 1.82) is 0 Å². The summed E-state index contributed by atoms with van der Waals surface area (Å²) in [6, 6.07) is 6.55. The van der Waals surface area contributed by atoms with Crippen LogP contribution in [0, 0.1) is 4.91 Å². The van der Waals surface area contributed by atoms with Gasteiger partial charge in [-0.2, -0.15) is 5.01 Å². The second-order valence-electron chi connectivity index (χ2n) is 4.50. The monoisotopic (exact) mass is 347 g/mol. The van der Waals surface area contributed by atoms with Gasteiger partial charge in [0.2, 0.25) is 0 Å². The number of aromatic nitrogens is 2. The van der Waals surface area contributed by atoms with Crippen molar-refractivity contribution in [3.05, 3.63) is 46.4 Å². The van der Waals surface area contributed by atoms with E-state index < -0.39 is 12.0 Å². The Kier molecular flexibility index (Phi) is 5.22. The van der Waals surface area contributed by atoms with Crippen LogP contribution in [0.5, 0.6) is 0 Å². The van der Waals surface area contributed by atoms with E-state index in [9.17, 15) is 19.6 Å². The van der Waals surface area contributed by atoms with Gasteiger partial charge in [-0.3, -0.25) is 4.98 Å². The first-order valence-electron chi connectivity index (χ1n) is 6.56. The van der Waals surface area contributed by atoms with E-state index in [0.717, 1.165) is 10.4 Å². The van der Waals surface area contributed by atoms with Gasteiger partial charge >= 0.3 is 12.0 Å². The Morgan fingerprint density at radius 1 is 1.38 bits per heavy atom. The molecule has 0 aliphatic heterocycles. The fraction of sp³-hybridized carbons (Fsp3) is 0.0714. The van der Waals surface area contributed by atoms with Crippen LogP contribution in [0.15, 0.2) is 41.1 Å². The molecule has 0 aliphatic carbocycles. The zero-order valence-corrected chi connectivity index (χ0v) is 13.3. The largest absolute Gasteiger partial charge is 0.477 e. The first-order valence-corrected chi connectivity index (χ1v) is 7.44. The highest BCUT2D eigenvalue weighted by molar-refractivity contribution is 7.13. The number of thiophene rings is 1. The number of nitrogens with two attached hydrogens (primary N) is 1. The maximum absolute atomic E-state index is 11.2. The fourth-order valence-electron chi connectivity index (χ4n) is 1.88. The van der Waals surface area contributed by atoms with Crippen molar-refractivity contribution in [1.82, 2.24) is 15.0 Å². The highest BCUT2D eigenvalue weighted by atomic mass is 32.1. The Balaban J connectivity index is 0.000000256. The van der Waals surface area contributed by atoms with Crippen LogP contribution in [0.2, 0.25) is 0 Å². The number of nitroso groups, excluding NO2 is 1. The van der Waals surface area contributed by atoms with Gasteiger partial charge in [0.15, 0.2) is 0 Å². The number of aromatic carboxylic acids is 1. The molecule has 0 bridgehead atoms. The zero-order valence-electron chi connectivity index (χ0n) is 12.5. The second kappa shape index (κ2) is 7.33. The summed E-state index contributed by atoms with van der Waals surface area (Å²) in [7, 11) is 1.18. The van der Waals surface area contributed by atoms with E-state index in [1.807, 2.05) is 23.6 Å². The van der Waals surface area contributed by atoms with Crippen LogP contribution in [0.3, 0.4) is 0 Å². The first kappa shape index (κ1) is 17.1. The third-order valence-electron chi connectivity index (χ3n) is 2.98. The van der Waals surface area contributed by atoms with E-state index in [4.69, 9.17) is 0 Å². The van der Waals surface area contributed by atoms with Crippen LogP contribution in [0.25, 0.3) is 21.5 Å². The molecule has 0 atom stereocenters. The lowest BCUT2D eigenvalue weighted by atomic mass is 10.2. The molecular formula is C14H13N5O4S. The molecule has 0 spiro atoms. The minimum Gasteiger partial charge on any atom is -0.477 e. The van der Waals surface area contributed by atoms with Gasteiger partial charge in [0.1, 0.15) is 5.69 Å². The summed E-state index contributed by atoms with van der Waals surface area (Å²) in [5.41, 5.74) is 6.85. The zero-order chi connectivity index (χ0) is 17.7. The summed E-state index contributed by atoms with van der Waals surface area (Å²) >= 11 is 1.50. The number of aromatic amines is 1. The molecule has 2 amide bonds. The summed E-state index contributed by atoms with van der Waals surface area (Å²) in [6.45, 7) is 0. The van der Waals surface area contributed by atoms with Crippen LogP contribution >= 0.6 is 11.3 Å². The number of hydrogen-bond donors (Lipinski definition) is 3. The van der Waals surface area contributed by atoms with Crippen LogP contribution in [0.4, 0.5) is 4.79 Å². The Hall–Kier alpha value is -3.27. The molecule has 0 fully saturated rings. The number of fused-ring (bicyclic) bond motifs is 1. The van der Waals surface area contributed by atoms with Gasteiger partial charge in [-0.05, 0) is 23.6 Å².